The molecule has 0 aliphatic carbocycles. The summed E-state index contributed by atoms with van der Waals surface area (Å²) in [5.74, 6) is -0.242. The number of nitrogens with zero attached hydrogens (tertiary/aromatic N) is 1. The fourth-order valence-corrected chi connectivity index (χ4v) is 3.42. The number of carbonyl (C=O) groups excluding carboxylic acids is 1. The van der Waals surface area contributed by atoms with Crippen molar-refractivity contribution in [2.75, 3.05) is 18.0 Å². The molecule has 1 saturated heterocycles. The van der Waals surface area contributed by atoms with Crippen LogP contribution >= 0.6 is 0 Å². The predicted octanol–water partition coefficient (Wildman–Crippen LogP) is 4.95. The minimum Gasteiger partial charge on any atom is -0.439 e. The summed E-state index contributed by atoms with van der Waals surface area (Å²) >= 11 is 0. The lowest BCUT2D eigenvalue weighted by Crippen LogP contribution is -2.38. The molecule has 0 amide bonds. The van der Waals surface area contributed by atoms with Crippen LogP contribution in [0.3, 0.4) is 0 Å². The number of piperidine rings is 1. The van der Waals surface area contributed by atoms with Gasteiger partial charge in [-0.1, -0.05) is 13.8 Å². The second kappa shape index (κ2) is 6.39. The molecule has 3 rings (SSSR count). The normalized spacial score (nSPS) is 17.4. The largest absolute Gasteiger partial charge is 0.439 e. The highest BCUT2D eigenvalue weighted by molar-refractivity contribution is 6.05. The highest BCUT2D eigenvalue weighted by atomic mass is 19.4. The lowest BCUT2D eigenvalue weighted by Gasteiger charge is -2.37. The van der Waals surface area contributed by atoms with Gasteiger partial charge in [0.25, 0.3) is 0 Å². The third-order valence-corrected chi connectivity index (χ3v) is 5.30. The number of fused-ring (bicyclic) bond motifs is 1. The maximum atomic E-state index is 13.2. The molecule has 4 nitrogen and oxygen atoms in total. The van der Waals surface area contributed by atoms with Crippen LogP contribution in [0.1, 0.15) is 55.1 Å². The third-order valence-electron chi connectivity index (χ3n) is 5.30. The molecule has 1 aliphatic rings. The number of alkyl halides is 3. The number of benzene rings is 1. The van der Waals surface area contributed by atoms with Gasteiger partial charge in [-0.15, -0.1) is 0 Å². The van der Waals surface area contributed by atoms with Crippen LogP contribution in [0, 0.1) is 12.3 Å². The van der Waals surface area contributed by atoms with Gasteiger partial charge in [-0.3, -0.25) is 9.59 Å². The van der Waals surface area contributed by atoms with Crippen molar-refractivity contribution < 1.29 is 22.4 Å². The van der Waals surface area contributed by atoms with Crippen molar-refractivity contribution in [2.24, 2.45) is 5.41 Å². The van der Waals surface area contributed by atoms with Gasteiger partial charge in [0.2, 0.25) is 5.88 Å². The smallest absolute Gasteiger partial charge is 0.416 e. The number of hydrogen-bond donors (Lipinski definition) is 0. The number of ketones is 1. The molecule has 1 fully saturated rings. The van der Waals surface area contributed by atoms with Crippen LogP contribution in [0.2, 0.25) is 0 Å². The maximum absolute atomic E-state index is 13.2. The van der Waals surface area contributed by atoms with E-state index < -0.39 is 23.0 Å². The quantitative estimate of drug-likeness (QED) is 0.691. The number of Topliss-reactive ketones (excluding diaryl/α,β-unsaturated/α-hetero) is 1. The third kappa shape index (κ3) is 3.59. The van der Waals surface area contributed by atoms with Gasteiger partial charge in [0, 0.05) is 13.1 Å². The predicted molar refractivity (Wildman–Crippen MR) is 97.5 cm³/mol. The Hall–Kier alpha value is -2.31. The van der Waals surface area contributed by atoms with Gasteiger partial charge in [0.1, 0.15) is 0 Å². The minimum atomic E-state index is -4.66. The van der Waals surface area contributed by atoms with E-state index >= 15 is 0 Å². The van der Waals surface area contributed by atoms with Crippen molar-refractivity contribution in [3.63, 3.8) is 0 Å². The zero-order valence-corrected chi connectivity index (χ0v) is 15.8. The monoisotopic (exact) mass is 381 g/mol. The second-order valence-electron chi connectivity index (χ2n) is 7.97. The average Bonchev–Trinajstić information content (AvgIpc) is 2.56. The molecule has 2 heterocycles. The molecule has 0 radical (unpaired) electrons. The number of carbonyl (C=O) groups is 1. The van der Waals surface area contributed by atoms with Crippen LogP contribution in [0.15, 0.2) is 21.3 Å². The molecule has 1 aliphatic heterocycles. The molecular weight excluding hydrogens is 359 g/mol. The maximum Gasteiger partial charge on any atom is 0.416 e. The average molecular weight is 381 g/mol. The zero-order chi connectivity index (χ0) is 20.1. The Morgan fingerprint density at radius 1 is 1.19 bits per heavy atom. The molecule has 0 bridgehead atoms. The van der Waals surface area contributed by atoms with E-state index in [1.807, 2.05) is 4.90 Å². The summed E-state index contributed by atoms with van der Waals surface area (Å²) in [6, 6.07) is 1.52. The fourth-order valence-electron chi connectivity index (χ4n) is 3.42. The highest BCUT2D eigenvalue weighted by Gasteiger charge is 2.34. The zero-order valence-electron chi connectivity index (χ0n) is 15.8. The SMILES string of the molecule is CC(=O)c1cc(C(F)(F)F)cc2c(=O)c(C)c(N3CCC(C)(C)CC3)oc12. The molecule has 0 N–H and O–H groups in total. The van der Waals surface area contributed by atoms with Gasteiger partial charge >= 0.3 is 6.18 Å². The van der Waals surface area contributed by atoms with E-state index in [0.717, 1.165) is 31.9 Å². The lowest BCUT2D eigenvalue weighted by atomic mass is 9.82. The van der Waals surface area contributed by atoms with Gasteiger partial charge in [-0.25, -0.2) is 0 Å². The van der Waals surface area contributed by atoms with E-state index in [0.29, 0.717) is 19.0 Å². The number of rotatable bonds is 2. The summed E-state index contributed by atoms with van der Waals surface area (Å²) in [7, 11) is 0. The Balaban J connectivity index is 2.23. The first-order valence-electron chi connectivity index (χ1n) is 8.85. The molecule has 0 spiro atoms. The molecule has 2 aromatic rings. The van der Waals surface area contributed by atoms with Gasteiger partial charge in [-0.2, -0.15) is 13.2 Å². The number of hydrogen-bond acceptors (Lipinski definition) is 4. The molecule has 0 unspecified atom stereocenters. The second-order valence-corrected chi connectivity index (χ2v) is 7.97. The first-order chi connectivity index (χ1) is 12.4. The van der Waals surface area contributed by atoms with E-state index in [9.17, 15) is 22.8 Å². The topological polar surface area (TPSA) is 50.5 Å². The van der Waals surface area contributed by atoms with E-state index in [1.165, 1.54) is 0 Å². The molecule has 7 heteroatoms. The van der Waals surface area contributed by atoms with Crippen LogP contribution in [0.4, 0.5) is 19.1 Å². The summed E-state index contributed by atoms with van der Waals surface area (Å²) in [5, 5.41) is -0.214. The summed E-state index contributed by atoms with van der Waals surface area (Å²) in [5.41, 5.74) is -1.42. The Morgan fingerprint density at radius 2 is 1.78 bits per heavy atom. The fraction of sp³-hybridized carbons (Fsp3) is 0.500. The van der Waals surface area contributed by atoms with Crippen molar-refractivity contribution in [2.45, 2.75) is 46.7 Å². The van der Waals surface area contributed by atoms with Crippen LogP contribution in [0.5, 0.6) is 0 Å². The number of anilines is 1. The van der Waals surface area contributed by atoms with Crippen molar-refractivity contribution in [3.05, 3.63) is 39.0 Å². The van der Waals surface area contributed by atoms with Gasteiger partial charge in [0.05, 0.1) is 22.1 Å². The summed E-state index contributed by atoms with van der Waals surface area (Å²) in [6.07, 6.45) is -2.85. The van der Waals surface area contributed by atoms with Crippen LogP contribution in [-0.2, 0) is 6.18 Å². The highest BCUT2D eigenvalue weighted by Crippen LogP contribution is 2.36. The molecule has 1 aromatic carbocycles. The van der Waals surface area contributed by atoms with Crippen LogP contribution < -0.4 is 10.3 Å². The van der Waals surface area contributed by atoms with E-state index in [-0.39, 0.29) is 27.5 Å². The van der Waals surface area contributed by atoms with Crippen molar-refractivity contribution in [1.82, 2.24) is 0 Å². The first kappa shape index (κ1) is 19.5. The van der Waals surface area contributed by atoms with Crippen LogP contribution in [-0.4, -0.2) is 18.9 Å². The Labute approximate surface area is 155 Å². The van der Waals surface area contributed by atoms with Crippen molar-refractivity contribution in [1.29, 1.82) is 0 Å². The molecule has 27 heavy (non-hydrogen) atoms. The van der Waals surface area contributed by atoms with Crippen molar-refractivity contribution >= 4 is 22.6 Å². The van der Waals surface area contributed by atoms with Crippen LogP contribution in [0.25, 0.3) is 11.0 Å². The van der Waals surface area contributed by atoms with Gasteiger partial charge in [0.15, 0.2) is 16.8 Å². The molecule has 146 valence electrons. The molecule has 1 aromatic heterocycles. The number of halogens is 3. The standard InChI is InChI=1S/C20H22F3NO3/c1-11-16(26)15-10-13(20(21,22)23)9-14(12(2)25)17(15)27-18(11)24-7-5-19(3,4)6-8-24/h9-10H,5-8H2,1-4H3. The lowest BCUT2D eigenvalue weighted by molar-refractivity contribution is -0.137. The molecule has 0 saturated carbocycles. The van der Waals surface area contributed by atoms with E-state index in [1.54, 1.807) is 6.92 Å². The van der Waals surface area contributed by atoms with Gasteiger partial charge < -0.3 is 9.32 Å². The first-order valence-corrected chi connectivity index (χ1v) is 8.85. The Bertz CT molecular complexity index is 963. The molecular formula is C20H22F3NO3. The Morgan fingerprint density at radius 3 is 2.30 bits per heavy atom. The minimum absolute atomic E-state index is 0.0778. The van der Waals surface area contributed by atoms with Crippen molar-refractivity contribution in [3.8, 4) is 0 Å². The van der Waals surface area contributed by atoms with E-state index in [4.69, 9.17) is 4.42 Å². The molecule has 0 atom stereocenters. The van der Waals surface area contributed by atoms with Gasteiger partial charge in [-0.05, 0) is 44.2 Å². The Kier molecular flexibility index (Phi) is 4.60. The summed E-state index contributed by atoms with van der Waals surface area (Å²) in [4.78, 5) is 26.7. The summed E-state index contributed by atoms with van der Waals surface area (Å²) < 4.78 is 45.4. The summed E-state index contributed by atoms with van der Waals surface area (Å²) in [6.45, 7) is 8.41. The van der Waals surface area contributed by atoms with E-state index in [2.05, 4.69) is 13.8 Å².